The second-order valence-corrected chi connectivity index (χ2v) is 5.32. The van der Waals surface area contributed by atoms with Gasteiger partial charge in [-0.3, -0.25) is 0 Å². The lowest BCUT2D eigenvalue weighted by atomic mass is 9.94. The van der Waals surface area contributed by atoms with Gasteiger partial charge in [-0.15, -0.1) is 0 Å². The van der Waals surface area contributed by atoms with Crippen molar-refractivity contribution < 1.29 is 19.2 Å². The number of carboxylic acid groups (broad SMARTS) is 1. The van der Waals surface area contributed by atoms with E-state index in [4.69, 9.17) is 14.4 Å². The molecule has 0 atom stereocenters. The molecule has 2 aromatic rings. The summed E-state index contributed by atoms with van der Waals surface area (Å²) in [5.41, 5.74) is 1.92. The normalized spacial score (nSPS) is 15.3. The summed E-state index contributed by atoms with van der Waals surface area (Å²) in [6.07, 6.45) is 4.81. The van der Waals surface area contributed by atoms with Gasteiger partial charge in [-0.2, -0.15) is 0 Å². The molecular formula is C16H17NO4. The van der Waals surface area contributed by atoms with Gasteiger partial charge in [-0.25, -0.2) is 4.79 Å². The van der Waals surface area contributed by atoms with Gasteiger partial charge in [0.15, 0.2) is 11.5 Å². The molecule has 1 saturated carbocycles. The Kier molecular flexibility index (Phi) is 3.64. The van der Waals surface area contributed by atoms with Crippen LogP contribution in [0.15, 0.2) is 28.8 Å². The number of carboxylic acids is 1. The van der Waals surface area contributed by atoms with Crippen LogP contribution in [0, 0.1) is 0 Å². The molecule has 0 aliphatic heterocycles. The zero-order valence-corrected chi connectivity index (χ0v) is 11.8. The van der Waals surface area contributed by atoms with Gasteiger partial charge < -0.3 is 14.4 Å². The van der Waals surface area contributed by atoms with Crippen LogP contribution in [0.1, 0.15) is 47.7 Å². The van der Waals surface area contributed by atoms with E-state index in [2.05, 4.69) is 5.16 Å². The van der Waals surface area contributed by atoms with E-state index in [-0.39, 0.29) is 5.69 Å². The molecule has 1 aromatic carbocycles. The van der Waals surface area contributed by atoms with E-state index in [0.717, 1.165) is 24.2 Å². The van der Waals surface area contributed by atoms with Crippen molar-refractivity contribution in [1.82, 2.24) is 5.16 Å². The van der Waals surface area contributed by atoms with Crippen LogP contribution in [-0.2, 0) is 0 Å². The van der Waals surface area contributed by atoms with E-state index >= 15 is 0 Å². The smallest absolute Gasteiger partial charge is 0.358 e. The third-order valence-corrected chi connectivity index (χ3v) is 4.04. The monoisotopic (exact) mass is 287 g/mol. The highest BCUT2D eigenvalue weighted by atomic mass is 16.5. The predicted octanol–water partition coefficient (Wildman–Crippen LogP) is 3.71. The maximum absolute atomic E-state index is 10.9. The van der Waals surface area contributed by atoms with Gasteiger partial charge in [0.05, 0.1) is 7.11 Å². The predicted molar refractivity (Wildman–Crippen MR) is 76.7 cm³/mol. The van der Waals surface area contributed by atoms with Crippen LogP contribution in [-0.4, -0.2) is 23.3 Å². The van der Waals surface area contributed by atoms with Gasteiger partial charge >= 0.3 is 5.97 Å². The van der Waals surface area contributed by atoms with Crippen molar-refractivity contribution >= 4 is 5.97 Å². The van der Waals surface area contributed by atoms with Gasteiger partial charge in [0, 0.05) is 11.6 Å². The van der Waals surface area contributed by atoms with Gasteiger partial charge in [-0.05, 0) is 42.5 Å². The summed E-state index contributed by atoms with van der Waals surface area (Å²) in [6.45, 7) is 0. The van der Waals surface area contributed by atoms with E-state index in [1.54, 1.807) is 7.11 Å². The zero-order valence-electron chi connectivity index (χ0n) is 11.8. The highest BCUT2D eigenvalue weighted by Gasteiger charge is 2.22. The number of hydrogen-bond acceptors (Lipinski definition) is 4. The number of nitrogens with zero attached hydrogens (tertiary/aromatic N) is 1. The lowest BCUT2D eigenvalue weighted by molar-refractivity contribution is 0.0686. The van der Waals surface area contributed by atoms with E-state index in [0.29, 0.717) is 11.7 Å². The molecule has 0 bridgehead atoms. The largest absolute Gasteiger partial charge is 0.496 e. The van der Waals surface area contributed by atoms with Crippen molar-refractivity contribution in [2.45, 2.75) is 31.6 Å². The molecule has 110 valence electrons. The van der Waals surface area contributed by atoms with Crippen LogP contribution in [0.4, 0.5) is 0 Å². The highest BCUT2D eigenvalue weighted by molar-refractivity contribution is 5.86. The Morgan fingerprint density at radius 3 is 2.71 bits per heavy atom. The standard InChI is InChI=1S/C16H17NO4/c1-20-14-7-6-11(8-12(14)10-4-2-3-5-10)15-9-13(16(18)19)17-21-15/h6-10H,2-5H2,1H3,(H,18,19). The Morgan fingerprint density at radius 1 is 1.33 bits per heavy atom. The fourth-order valence-electron chi connectivity index (χ4n) is 2.96. The molecule has 0 saturated heterocycles. The minimum absolute atomic E-state index is 0.0803. The molecule has 0 unspecified atom stereocenters. The molecule has 1 aromatic heterocycles. The maximum atomic E-state index is 10.9. The number of ether oxygens (including phenoxy) is 1. The van der Waals surface area contributed by atoms with Crippen LogP contribution in [0.3, 0.4) is 0 Å². The first-order valence-corrected chi connectivity index (χ1v) is 7.07. The quantitative estimate of drug-likeness (QED) is 0.928. The molecule has 0 radical (unpaired) electrons. The summed E-state index contributed by atoms with van der Waals surface area (Å²) in [6, 6.07) is 7.25. The lowest BCUT2D eigenvalue weighted by Gasteiger charge is -2.15. The number of benzene rings is 1. The molecule has 1 aliphatic carbocycles. The Labute approximate surface area is 122 Å². The molecular weight excluding hydrogens is 270 g/mol. The third-order valence-electron chi connectivity index (χ3n) is 4.04. The molecule has 1 fully saturated rings. The Balaban J connectivity index is 1.98. The number of rotatable bonds is 4. The van der Waals surface area contributed by atoms with Crippen molar-refractivity contribution in [3.63, 3.8) is 0 Å². The van der Waals surface area contributed by atoms with Gasteiger partial charge in [0.1, 0.15) is 5.75 Å². The number of hydrogen-bond donors (Lipinski definition) is 1. The first-order chi connectivity index (χ1) is 10.2. The van der Waals surface area contributed by atoms with Gasteiger partial charge in [-0.1, -0.05) is 18.0 Å². The number of aromatic nitrogens is 1. The van der Waals surface area contributed by atoms with Crippen molar-refractivity contribution in [3.05, 3.63) is 35.5 Å². The molecule has 3 rings (SSSR count). The molecule has 1 aliphatic rings. The fraction of sp³-hybridized carbons (Fsp3) is 0.375. The maximum Gasteiger partial charge on any atom is 0.358 e. The van der Waals surface area contributed by atoms with Gasteiger partial charge in [0.25, 0.3) is 0 Å². The van der Waals surface area contributed by atoms with E-state index in [1.165, 1.54) is 24.5 Å². The summed E-state index contributed by atoms with van der Waals surface area (Å²) in [5.74, 6) is 0.759. The van der Waals surface area contributed by atoms with Crippen molar-refractivity contribution in [2.75, 3.05) is 7.11 Å². The van der Waals surface area contributed by atoms with Crippen LogP contribution in [0.25, 0.3) is 11.3 Å². The summed E-state index contributed by atoms with van der Waals surface area (Å²) < 4.78 is 10.6. The number of carbonyl (C=O) groups is 1. The molecule has 5 heteroatoms. The van der Waals surface area contributed by atoms with Crippen LogP contribution in [0.5, 0.6) is 5.75 Å². The average Bonchev–Trinajstić information content (AvgIpc) is 3.18. The molecule has 21 heavy (non-hydrogen) atoms. The number of methoxy groups -OCH3 is 1. The summed E-state index contributed by atoms with van der Waals surface area (Å²) in [5, 5.41) is 12.5. The second-order valence-electron chi connectivity index (χ2n) is 5.32. The Morgan fingerprint density at radius 2 is 2.10 bits per heavy atom. The van der Waals surface area contributed by atoms with Crippen molar-refractivity contribution in [3.8, 4) is 17.1 Å². The number of aromatic carboxylic acids is 1. The topological polar surface area (TPSA) is 72.6 Å². The van der Waals surface area contributed by atoms with Crippen LogP contribution in [0.2, 0.25) is 0 Å². The average molecular weight is 287 g/mol. The highest BCUT2D eigenvalue weighted by Crippen LogP contribution is 2.40. The van der Waals surface area contributed by atoms with E-state index in [9.17, 15) is 4.79 Å². The lowest BCUT2D eigenvalue weighted by Crippen LogP contribution is -1.97. The fourth-order valence-corrected chi connectivity index (χ4v) is 2.96. The first-order valence-electron chi connectivity index (χ1n) is 7.07. The SMILES string of the molecule is COc1ccc(-c2cc(C(=O)O)no2)cc1C1CCCC1. The summed E-state index contributed by atoms with van der Waals surface area (Å²) >= 11 is 0. The Hall–Kier alpha value is -2.30. The molecule has 5 nitrogen and oxygen atoms in total. The van der Waals surface area contributed by atoms with E-state index in [1.807, 2.05) is 18.2 Å². The summed E-state index contributed by atoms with van der Waals surface area (Å²) in [7, 11) is 1.67. The molecule has 1 heterocycles. The molecule has 0 spiro atoms. The minimum atomic E-state index is -1.09. The first kappa shape index (κ1) is 13.7. The third kappa shape index (κ3) is 2.63. The minimum Gasteiger partial charge on any atom is -0.496 e. The van der Waals surface area contributed by atoms with Crippen LogP contribution >= 0.6 is 0 Å². The van der Waals surface area contributed by atoms with Gasteiger partial charge in [0.2, 0.25) is 0 Å². The second kappa shape index (κ2) is 5.60. The Bertz CT molecular complexity index is 656. The van der Waals surface area contributed by atoms with Crippen LogP contribution < -0.4 is 4.74 Å². The molecule has 1 N–H and O–H groups in total. The van der Waals surface area contributed by atoms with E-state index < -0.39 is 5.97 Å². The van der Waals surface area contributed by atoms with Crippen molar-refractivity contribution in [2.24, 2.45) is 0 Å². The summed E-state index contributed by atoms with van der Waals surface area (Å²) in [4.78, 5) is 10.9. The zero-order chi connectivity index (χ0) is 14.8. The molecule has 0 amide bonds. The van der Waals surface area contributed by atoms with Crippen molar-refractivity contribution in [1.29, 1.82) is 0 Å².